The van der Waals surface area contributed by atoms with E-state index in [2.05, 4.69) is 10.4 Å². The maximum Gasteiger partial charge on any atom is 0.321 e. The molecule has 1 atom stereocenters. The number of aliphatic hydroxyl groups is 1. The molecule has 1 aliphatic rings. The summed E-state index contributed by atoms with van der Waals surface area (Å²) in [6.45, 7) is 4.27. The van der Waals surface area contributed by atoms with Gasteiger partial charge >= 0.3 is 6.03 Å². The van der Waals surface area contributed by atoms with Gasteiger partial charge in [-0.25, -0.2) is 9.48 Å². The van der Waals surface area contributed by atoms with Crippen LogP contribution in [0.5, 0.6) is 0 Å². The van der Waals surface area contributed by atoms with Gasteiger partial charge in [0, 0.05) is 19.3 Å². The van der Waals surface area contributed by atoms with Crippen LogP contribution in [0.1, 0.15) is 24.2 Å². The summed E-state index contributed by atoms with van der Waals surface area (Å²) in [6.07, 6.45) is 1.67. The first-order valence-electron chi connectivity index (χ1n) is 8.28. The zero-order valence-electron chi connectivity index (χ0n) is 14.4. The van der Waals surface area contributed by atoms with Gasteiger partial charge in [0.05, 0.1) is 23.2 Å². The predicted molar refractivity (Wildman–Crippen MR) is 93.4 cm³/mol. The highest BCUT2D eigenvalue weighted by atomic mass is 16.3. The molecule has 6 nitrogen and oxygen atoms in total. The number of rotatable bonds is 5. The number of para-hydroxylation sites is 2. The van der Waals surface area contributed by atoms with Gasteiger partial charge in [-0.2, -0.15) is 5.10 Å². The van der Waals surface area contributed by atoms with Crippen molar-refractivity contribution in [1.29, 1.82) is 0 Å². The van der Waals surface area contributed by atoms with Crippen LogP contribution in [0.15, 0.2) is 30.3 Å². The van der Waals surface area contributed by atoms with Crippen LogP contribution in [-0.2, 0) is 0 Å². The van der Waals surface area contributed by atoms with E-state index in [9.17, 15) is 9.90 Å². The van der Waals surface area contributed by atoms with Crippen molar-refractivity contribution in [2.45, 2.75) is 32.8 Å². The molecule has 24 heavy (non-hydrogen) atoms. The van der Waals surface area contributed by atoms with Gasteiger partial charge in [0.15, 0.2) is 0 Å². The number of aliphatic hydroxyl groups excluding tert-OH is 1. The van der Waals surface area contributed by atoms with E-state index in [0.29, 0.717) is 18.2 Å². The van der Waals surface area contributed by atoms with E-state index in [1.165, 1.54) is 4.90 Å². The molecule has 2 amide bonds. The van der Waals surface area contributed by atoms with Crippen LogP contribution in [-0.4, -0.2) is 45.5 Å². The van der Waals surface area contributed by atoms with Crippen LogP contribution >= 0.6 is 0 Å². The Kier molecular flexibility index (Phi) is 4.57. The van der Waals surface area contributed by atoms with Crippen LogP contribution < -0.4 is 5.32 Å². The van der Waals surface area contributed by atoms with Crippen molar-refractivity contribution >= 4 is 11.7 Å². The molecular formula is C18H24N4O2. The maximum absolute atomic E-state index is 12.4. The molecule has 3 rings (SSSR count). The fraction of sp³-hybridized carbons (Fsp3) is 0.444. The highest BCUT2D eigenvalue weighted by molar-refractivity contribution is 5.91. The third-order valence-electron chi connectivity index (χ3n) is 4.36. The Labute approximate surface area is 142 Å². The van der Waals surface area contributed by atoms with Crippen LogP contribution in [0.3, 0.4) is 0 Å². The standard InChI is InChI=1S/C18H24N4O2/c1-12-10-13(2)22(20-12)16-7-5-4-6-15(16)19-18(24)21(3)11-17(23)14-8-9-14/h4-7,10,14,17,23H,8-9,11H2,1-3H3,(H,19,24). The Bertz CT molecular complexity index is 736. The molecule has 0 aliphatic heterocycles. The minimum Gasteiger partial charge on any atom is -0.391 e. The number of hydrogen-bond acceptors (Lipinski definition) is 3. The molecule has 2 aromatic rings. The Hall–Kier alpha value is -2.34. The third kappa shape index (κ3) is 3.59. The lowest BCUT2D eigenvalue weighted by atomic mass is 10.2. The summed E-state index contributed by atoms with van der Waals surface area (Å²) in [5, 5.41) is 17.4. The number of nitrogens with zero attached hydrogens (tertiary/aromatic N) is 3. The van der Waals surface area contributed by atoms with Crippen molar-refractivity contribution in [3.63, 3.8) is 0 Å². The average Bonchev–Trinajstić information content (AvgIpc) is 3.33. The Morgan fingerprint density at radius 1 is 1.42 bits per heavy atom. The number of urea groups is 1. The Morgan fingerprint density at radius 2 is 2.12 bits per heavy atom. The average molecular weight is 328 g/mol. The number of hydrogen-bond donors (Lipinski definition) is 2. The van der Waals surface area contributed by atoms with E-state index < -0.39 is 6.10 Å². The topological polar surface area (TPSA) is 70.4 Å². The molecule has 6 heteroatoms. The SMILES string of the molecule is Cc1cc(C)n(-c2ccccc2NC(=O)N(C)CC(O)C2CC2)n1. The number of benzene rings is 1. The number of carbonyl (C=O) groups excluding carboxylic acids is 1. The second kappa shape index (κ2) is 6.65. The number of nitrogens with one attached hydrogen (secondary N) is 1. The van der Waals surface area contributed by atoms with Crippen molar-refractivity contribution < 1.29 is 9.90 Å². The molecule has 0 radical (unpaired) electrons. The van der Waals surface area contributed by atoms with Crippen LogP contribution in [0.4, 0.5) is 10.5 Å². The summed E-state index contributed by atoms with van der Waals surface area (Å²) in [5.41, 5.74) is 3.46. The van der Waals surface area contributed by atoms with Gasteiger partial charge in [-0.15, -0.1) is 0 Å². The monoisotopic (exact) mass is 328 g/mol. The zero-order chi connectivity index (χ0) is 17.3. The second-order valence-electron chi connectivity index (χ2n) is 6.57. The zero-order valence-corrected chi connectivity index (χ0v) is 14.4. The number of amides is 2. The summed E-state index contributed by atoms with van der Waals surface area (Å²) < 4.78 is 1.82. The van der Waals surface area contributed by atoms with Crippen molar-refractivity contribution in [3.8, 4) is 5.69 Å². The molecule has 1 fully saturated rings. The summed E-state index contributed by atoms with van der Waals surface area (Å²) in [4.78, 5) is 14.0. The normalized spacial score (nSPS) is 15.2. The minimum atomic E-state index is -0.438. The first kappa shape index (κ1) is 16.5. The molecule has 0 saturated heterocycles. The van der Waals surface area contributed by atoms with Gasteiger partial charge in [0.25, 0.3) is 0 Å². The Morgan fingerprint density at radius 3 is 2.75 bits per heavy atom. The quantitative estimate of drug-likeness (QED) is 0.886. The van der Waals surface area contributed by atoms with Gasteiger partial charge < -0.3 is 15.3 Å². The highest BCUT2D eigenvalue weighted by Gasteiger charge is 2.31. The number of aromatic nitrogens is 2. The largest absolute Gasteiger partial charge is 0.391 e. The van der Waals surface area contributed by atoms with Crippen LogP contribution in [0, 0.1) is 19.8 Å². The second-order valence-corrected chi connectivity index (χ2v) is 6.57. The molecule has 0 spiro atoms. The molecule has 2 N–H and O–H groups in total. The number of anilines is 1. The van der Waals surface area contributed by atoms with Gasteiger partial charge in [0.2, 0.25) is 0 Å². The fourth-order valence-electron chi connectivity index (χ4n) is 2.84. The molecule has 128 valence electrons. The summed E-state index contributed by atoms with van der Waals surface area (Å²) in [6, 6.07) is 9.34. The van der Waals surface area contributed by atoms with Gasteiger partial charge in [-0.05, 0) is 50.8 Å². The van der Waals surface area contributed by atoms with Crippen molar-refractivity contribution in [2.75, 3.05) is 18.9 Å². The lowest BCUT2D eigenvalue weighted by Gasteiger charge is -2.22. The van der Waals surface area contributed by atoms with E-state index in [0.717, 1.165) is 29.9 Å². The lowest BCUT2D eigenvalue weighted by Crippen LogP contribution is -2.38. The molecule has 0 bridgehead atoms. The van der Waals surface area contributed by atoms with Crippen molar-refractivity contribution in [1.82, 2.24) is 14.7 Å². The molecule has 1 unspecified atom stereocenters. The van der Waals surface area contributed by atoms with Crippen molar-refractivity contribution in [2.24, 2.45) is 5.92 Å². The first-order chi connectivity index (χ1) is 11.5. The van der Waals surface area contributed by atoms with Gasteiger partial charge in [0.1, 0.15) is 0 Å². The summed E-state index contributed by atoms with van der Waals surface area (Å²) in [7, 11) is 1.70. The van der Waals surface area contributed by atoms with Gasteiger partial charge in [-0.3, -0.25) is 0 Å². The van der Waals surface area contributed by atoms with E-state index in [4.69, 9.17) is 0 Å². The summed E-state index contributed by atoms with van der Waals surface area (Å²) >= 11 is 0. The van der Waals surface area contributed by atoms with Crippen LogP contribution in [0.2, 0.25) is 0 Å². The predicted octanol–water partition coefficient (Wildman–Crippen LogP) is 2.72. The molecule has 1 aromatic carbocycles. The number of likely N-dealkylation sites (N-methyl/N-ethyl adjacent to an activating group) is 1. The number of aryl methyl sites for hydroxylation is 2. The van der Waals surface area contributed by atoms with E-state index in [1.54, 1.807) is 7.05 Å². The Balaban J connectivity index is 1.75. The van der Waals surface area contributed by atoms with E-state index in [-0.39, 0.29) is 6.03 Å². The third-order valence-corrected chi connectivity index (χ3v) is 4.36. The fourth-order valence-corrected chi connectivity index (χ4v) is 2.84. The molecule has 1 saturated carbocycles. The van der Waals surface area contributed by atoms with Gasteiger partial charge in [-0.1, -0.05) is 12.1 Å². The van der Waals surface area contributed by atoms with Crippen molar-refractivity contribution in [3.05, 3.63) is 41.7 Å². The number of carbonyl (C=O) groups is 1. The van der Waals surface area contributed by atoms with E-state index in [1.807, 2.05) is 48.9 Å². The minimum absolute atomic E-state index is 0.233. The molecule has 1 aromatic heterocycles. The molecule has 1 aliphatic carbocycles. The molecular weight excluding hydrogens is 304 g/mol. The first-order valence-corrected chi connectivity index (χ1v) is 8.28. The highest BCUT2D eigenvalue weighted by Crippen LogP contribution is 2.32. The lowest BCUT2D eigenvalue weighted by molar-refractivity contribution is 0.117. The summed E-state index contributed by atoms with van der Waals surface area (Å²) in [5.74, 6) is 0.349. The van der Waals surface area contributed by atoms with E-state index >= 15 is 0 Å². The molecule has 1 heterocycles. The smallest absolute Gasteiger partial charge is 0.321 e. The maximum atomic E-state index is 12.4. The van der Waals surface area contributed by atoms with Crippen LogP contribution in [0.25, 0.3) is 5.69 Å².